The lowest BCUT2D eigenvalue weighted by atomic mass is 9.92. The highest BCUT2D eigenvalue weighted by Crippen LogP contribution is 2.22. The Kier molecular flexibility index (Phi) is 4.50. The van der Waals surface area contributed by atoms with E-state index in [4.69, 9.17) is 5.11 Å². The van der Waals surface area contributed by atoms with Crippen molar-refractivity contribution in [3.63, 3.8) is 0 Å². The zero-order valence-electron chi connectivity index (χ0n) is 12.7. The van der Waals surface area contributed by atoms with Crippen LogP contribution in [0.3, 0.4) is 0 Å². The smallest absolute Gasteiger partial charge is 0.336 e. The Labute approximate surface area is 125 Å². The number of carbonyl (C=O) groups is 2. The Hall–Kier alpha value is -2.04. The first-order valence-electron chi connectivity index (χ1n) is 7.26. The Bertz CT molecular complexity index is 546. The summed E-state index contributed by atoms with van der Waals surface area (Å²) < 4.78 is 0. The molecule has 0 saturated carbocycles. The van der Waals surface area contributed by atoms with Crippen LogP contribution in [-0.4, -0.2) is 35.1 Å². The van der Waals surface area contributed by atoms with E-state index >= 15 is 0 Å². The van der Waals surface area contributed by atoms with Crippen molar-refractivity contribution in [1.82, 2.24) is 4.90 Å². The lowest BCUT2D eigenvalue weighted by Gasteiger charge is -2.34. The van der Waals surface area contributed by atoms with E-state index in [-0.39, 0.29) is 11.6 Å². The van der Waals surface area contributed by atoms with E-state index < -0.39 is 5.97 Å². The van der Waals surface area contributed by atoms with Crippen LogP contribution >= 0.6 is 0 Å². The van der Waals surface area contributed by atoms with Gasteiger partial charge in [-0.3, -0.25) is 0 Å². The summed E-state index contributed by atoms with van der Waals surface area (Å²) in [5, 5.41) is 11.9. The number of aromatic carboxylic acids is 1. The van der Waals surface area contributed by atoms with Crippen LogP contribution in [0.15, 0.2) is 18.2 Å². The summed E-state index contributed by atoms with van der Waals surface area (Å²) in [5.41, 5.74) is 1.42. The molecular formula is C16H22N2O3. The van der Waals surface area contributed by atoms with E-state index in [1.165, 1.54) is 6.07 Å². The second-order valence-electron chi connectivity index (χ2n) is 6.12. The maximum Gasteiger partial charge on any atom is 0.336 e. The van der Waals surface area contributed by atoms with Crippen LogP contribution in [0.2, 0.25) is 0 Å². The van der Waals surface area contributed by atoms with E-state index in [2.05, 4.69) is 19.2 Å². The van der Waals surface area contributed by atoms with Gasteiger partial charge in [0.05, 0.1) is 5.56 Å². The van der Waals surface area contributed by atoms with Gasteiger partial charge in [-0.05, 0) is 42.9 Å². The average Bonchev–Trinajstić information content (AvgIpc) is 2.39. The minimum absolute atomic E-state index is 0.159. The van der Waals surface area contributed by atoms with Crippen LogP contribution in [0.5, 0.6) is 0 Å². The lowest BCUT2D eigenvalue weighted by Crippen LogP contribution is -2.44. The van der Waals surface area contributed by atoms with Gasteiger partial charge in [0.25, 0.3) is 0 Å². The minimum atomic E-state index is -0.983. The maximum absolute atomic E-state index is 12.3. The Morgan fingerprint density at radius 3 is 2.43 bits per heavy atom. The number of aryl methyl sites for hydroxylation is 1. The number of likely N-dealkylation sites (tertiary alicyclic amines) is 1. The van der Waals surface area contributed by atoms with Gasteiger partial charge >= 0.3 is 12.0 Å². The largest absolute Gasteiger partial charge is 0.478 e. The number of piperidine rings is 1. The fourth-order valence-corrected chi connectivity index (χ4v) is 2.96. The summed E-state index contributed by atoms with van der Waals surface area (Å²) in [4.78, 5) is 25.2. The first-order valence-corrected chi connectivity index (χ1v) is 7.26. The Morgan fingerprint density at radius 1 is 1.24 bits per heavy atom. The van der Waals surface area contributed by atoms with Crippen LogP contribution in [0.25, 0.3) is 0 Å². The molecule has 1 heterocycles. The first-order chi connectivity index (χ1) is 9.86. The molecule has 2 atom stereocenters. The van der Waals surface area contributed by atoms with Gasteiger partial charge in [-0.1, -0.05) is 19.9 Å². The minimum Gasteiger partial charge on any atom is -0.478 e. The van der Waals surface area contributed by atoms with Gasteiger partial charge in [0.15, 0.2) is 0 Å². The van der Waals surface area contributed by atoms with E-state index in [0.29, 0.717) is 23.1 Å². The van der Waals surface area contributed by atoms with Crippen LogP contribution in [0.1, 0.15) is 36.2 Å². The maximum atomic E-state index is 12.3. The summed E-state index contributed by atoms with van der Waals surface area (Å²) in [7, 11) is 0. The number of benzene rings is 1. The van der Waals surface area contributed by atoms with Gasteiger partial charge in [-0.25, -0.2) is 9.59 Å². The number of nitrogens with one attached hydrogen (secondary N) is 1. The molecule has 0 aromatic heterocycles. The number of amides is 2. The number of carboxylic acids is 1. The molecule has 2 rings (SSSR count). The molecule has 2 N–H and O–H groups in total. The molecule has 1 saturated heterocycles. The fourth-order valence-electron chi connectivity index (χ4n) is 2.96. The van der Waals surface area contributed by atoms with E-state index in [9.17, 15) is 9.59 Å². The average molecular weight is 290 g/mol. The van der Waals surface area contributed by atoms with Gasteiger partial charge in [0.2, 0.25) is 0 Å². The van der Waals surface area contributed by atoms with Crippen LogP contribution in [-0.2, 0) is 0 Å². The number of rotatable bonds is 2. The molecule has 0 radical (unpaired) electrons. The quantitative estimate of drug-likeness (QED) is 0.878. The Morgan fingerprint density at radius 2 is 1.86 bits per heavy atom. The van der Waals surface area contributed by atoms with Crippen molar-refractivity contribution >= 4 is 17.7 Å². The van der Waals surface area contributed by atoms with Crippen LogP contribution in [0.4, 0.5) is 10.5 Å². The highest BCUT2D eigenvalue weighted by atomic mass is 16.4. The number of anilines is 1. The van der Waals surface area contributed by atoms with Gasteiger partial charge in [-0.2, -0.15) is 0 Å². The topological polar surface area (TPSA) is 69.6 Å². The van der Waals surface area contributed by atoms with Crippen molar-refractivity contribution in [2.24, 2.45) is 11.8 Å². The van der Waals surface area contributed by atoms with Gasteiger partial charge in [0.1, 0.15) is 0 Å². The number of nitrogens with zero attached hydrogens (tertiary/aromatic N) is 1. The number of hydrogen-bond acceptors (Lipinski definition) is 2. The third-order valence-corrected chi connectivity index (χ3v) is 3.88. The van der Waals surface area contributed by atoms with E-state index in [0.717, 1.165) is 19.5 Å². The Balaban J connectivity index is 2.09. The number of carbonyl (C=O) groups excluding carboxylic acids is 1. The zero-order valence-corrected chi connectivity index (χ0v) is 12.7. The molecule has 0 spiro atoms. The molecule has 2 unspecified atom stereocenters. The molecule has 0 aliphatic carbocycles. The third-order valence-electron chi connectivity index (χ3n) is 3.88. The third kappa shape index (κ3) is 3.74. The highest BCUT2D eigenvalue weighted by Gasteiger charge is 2.25. The summed E-state index contributed by atoms with van der Waals surface area (Å²) in [6.45, 7) is 7.51. The molecular weight excluding hydrogens is 268 g/mol. The van der Waals surface area contributed by atoms with Crippen LogP contribution in [0, 0.1) is 18.8 Å². The van der Waals surface area contributed by atoms with Crippen molar-refractivity contribution in [3.8, 4) is 0 Å². The first kappa shape index (κ1) is 15.4. The summed E-state index contributed by atoms with van der Waals surface area (Å²) in [5.74, 6) is 0.00279. The highest BCUT2D eigenvalue weighted by molar-refractivity contribution is 5.94. The molecule has 2 amide bonds. The number of hydrogen-bond donors (Lipinski definition) is 2. The molecule has 114 valence electrons. The number of carboxylic acid groups (broad SMARTS) is 1. The molecule has 1 aromatic rings. The molecule has 5 heteroatoms. The standard InChI is InChI=1S/C16H22N2O3/c1-10-6-11(2)9-18(8-10)16(21)17-13-5-4-12(3)14(7-13)15(19)20/h4-5,7,10-11H,6,8-9H2,1-3H3,(H,17,21)(H,19,20). The predicted molar refractivity (Wildman–Crippen MR) is 81.7 cm³/mol. The second kappa shape index (κ2) is 6.16. The van der Waals surface area contributed by atoms with Crippen molar-refractivity contribution in [2.45, 2.75) is 27.2 Å². The zero-order chi connectivity index (χ0) is 15.6. The monoisotopic (exact) mass is 290 g/mol. The fraction of sp³-hybridized carbons (Fsp3) is 0.500. The summed E-state index contributed by atoms with van der Waals surface area (Å²) in [6.07, 6.45) is 1.14. The van der Waals surface area contributed by atoms with E-state index in [1.54, 1.807) is 24.0 Å². The summed E-state index contributed by atoms with van der Waals surface area (Å²) in [6, 6.07) is 4.79. The molecule has 0 bridgehead atoms. The van der Waals surface area contributed by atoms with E-state index in [1.807, 2.05) is 0 Å². The van der Waals surface area contributed by atoms with Crippen molar-refractivity contribution in [2.75, 3.05) is 18.4 Å². The normalized spacial score (nSPS) is 22.0. The van der Waals surface area contributed by atoms with Gasteiger partial charge in [-0.15, -0.1) is 0 Å². The SMILES string of the molecule is Cc1ccc(NC(=O)N2CC(C)CC(C)C2)cc1C(=O)O. The molecule has 5 nitrogen and oxygen atoms in total. The molecule has 1 aliphatic rings. The molecule has 1 aliphatic heterocycles. The number of urea groups is 1. The second-order valence-corrected chi connectivity index (χ2v) is 6.12. The molecule has 21 heavy (non-hydrogen) atoms. The molecule has 1 fully saturated rings. The van der Waals surface area contributed by atoms with Crippen molar-refractivity contribution in [1.29, 1.82) is 0 Å². The summed E-state index contributed by atoms with van der Waals surface area (Å²) >= 11 is 0. The molecule has 1 aromatic carbocycles. The van der Waals surface area contributed by atoms with Crippen LogP contribution < -0.4 is 5.32 Å². The van der Waals surface area contributed by atoms with Crippen molar-refractivity contribution < 1.29 is 14.7 Å². The van der Waals surface area contributed by atoms with Gasteiger partial charge in [0, 0.05) is 18.8 Å². The van der Waals surface area contributed by atoms with Gasteiger partial charge < -0.3 is 15.3 Å². The predicted octanol–water partition coefficient (Wildman–Crippen LogP) is 3.20. The van der Waals surface area contributed by atoms with Crippen molar-refractivity contribution in [3.05, 3.63) is 29.3 Å². The lowest BCUT2D eigenvalue weighted by molar-refractivity contribution is 0.0696.